The van der Waals surface area contributed by atoms with Gasteiger partial charge in [-0.1, -0.05) is 23.6 Å². The molecule has 0 saturated heterocycles. The topological polar surface area (TPSA) is 52.3 Å². The molecule has 8 heteroatoms. The molecule has 0 unspecified atom stereocenters. The molecular formula is C14H13BF3NO3. The molecule has 116 valence electrons. The molecule has 0 saturated carbocycles. The van der Waals surface area contributed by atoms with Gasteiger partial charge < -0.3 is 9.26 Å². The van der Waals surface area contributed by atoms with Gasteiger partial charge in [-0.3, -0.25) is 0 Å². The lowest BCUT2D eigenvalue weighted by molar-refractivity contribution is -0.137. The van der Waals surface area contributed by atoms with Crippen molar-refractivity contribution in [2.24, 2.45) is 0 Å². The summed E-state index contributed by atoms with van der Waals surface area (Å²) in [4.78, 5) is 11.8. The first-order valence-electron chi connectivity index (χ1n) is 6.71. The first-order chi connectivity index (χ1) is 10.4. The van der Waals surface area contributed by atoms with Gasteiger partial charge >= 0.3 is 12.1 Å². The molecule has 0 atom stereocenters. The Labute approximate surface area is 125 Å². The normalized spacial score (nSPS) is 11.5. The van der Waals surface area contributed by atoms with E-state index >= 15 is 0 Å². The zero-order valence-corrected chi connectivity index (χ0v) is 12.0. The average molecular weight is 311 g/mol. The average Bonchev–Trinajstić information content (AvgIpc) is 2.90. The van der Waals surface area contributed by atoms with Crippen LogP contribution in [0.1, 0.15) is 28.5 Å². The van der Waals surface area contributed by atoms with E-state index in [2.05, 4.69) is 5.16 Å². The standard InChI is InChI=1S/C14H13BF3NO3/c1-2-21-13(20)11-10(7-15)12(22-19-11)8-3-5-9(6-4-8)14(16,17)18/h3-6H,2,7,15H2,1H3. The van der Waals surface area contributed by atoms with Crippen molar-refractivity contribution in [1.29, 1.82) is 0 Å². The van der Waals surface area contributed by atoms with Crippen LogP contribution >= 0.6 is 0 Å². The molecule has 0 aliphatic carbocycles. The molecule has 4 nitrogen and oxygen atoms in total. The van der Waals surface area contributed by atoms with E-state index in [1.54, 1.807) is 14.8 Å². The Balaban J connectivity index is 2.39. The van der Waals surface area contributed by atoms with Crippen molar-refractivity contribution in [2.45, 2.75) is 19.4 Å². The number of hydrogen-bond acceptors (Lipinski definition) is 4. The minimum absolute atomic E-state index is 0.0549. The number of carbonyl (C=O) groups excluding carboxylic acids is 1. The van der Waals surface area contributed by atoms with Crippen LogP contribution in [0.25, 0.3) is 11.3 Å². The lowest BCUT2D eigenvalue weighted by Crippen LogP contribution is -2.08. The van der Waals surface area contributed by atoms with E-state index in [4.69, 9.17) is 9.26 Å². The zero-order chi connectivity index (χ0) is 16.3. The predicted molar refractivity (Wildman–Crippen MR) is 75.1 cm³/mol. The summed E-state index contributed by atoms with van der Waals surface area (Å²) in [5, 5.41) is 3.68. The molecular weight excluding hydrogens is 298 g/mol. The quantitative estimate of drug-likeness (QED) is 0.643. The minimum atomic E-state index is -4.40. The van der Waals surface area contributed by atoms with E-state index in [0.717, 1.165) is 12.1 Å². The summed E-state index contributed by atoms with van der Waals surface area (Å²) in [5.41, 5.74) is 0.241. The maximum atomic E-state index is 12.6. The van der Waals surface area contributed by atoms with Crippen LogP contribution < -0.4 is 0 Å². The molecule has 1 aromatic heterocycles. The van der Waals surface area contributed by atoms with Crippen LogP contribution in [0.15, 0.2) is 28.8 Å². The smallest absolute Gasteiger partial charge is 0.416 e. The van der Waals surface area contributed by atoms with Gasteiger partial charge in [0, 0.05) is 11.1 Å². The van der Waals surface area contributed by atoms with Crippen LogP contribution in [0.5, 0.6) is 0 Å². The van der Waals surface area contributed by atoms with Gasteiger partial charge in [0.1, 0.15) is 7.85 Å². The Kier molecular flexibility index (Phi) is 4.58. The Bertz CT molecular complexity index is 665. The van der Waals surface area contributed by atoms with E-state index < -0.39 is 17.7 Å². The Hall–Kier alpha value is -2.25. The number of carbonyl (C=O) groups is 1. The third-order valence-electron chi connectivity index (χ3n) is 3.08. The van der Waals surface area contributed by atoms with Crippen molar-refractivity contribution in [3.8, 4) is 11.3 Å². The monoisotopic (exact) mass is 311 g/mol. The predicted octanol–water partition coefficient (Wildman–Crippen LogP) is 2.67. The van der Waals surface area contributed by atoms with Crippen LogP contribution in [0.2, 0.25) is 0 Å². The minimum Gasteiger partial charge on any atom is -0.461 e. The molecule has 22 heavy (non-hydrogen) atoms. The number of benzene rings is 1. The zero-order valence-electron chi connectivity index (χ0n) is 12.0. The van der Waals surface area contributed by atoms with Gasteiger partial charge in [0.15, 0.2) is 11.5 Å². The van der Waals surface area contributed by atoms with E-state index in [0.29, 0.717) is 17.4 Å². The number of hydrogen-bond donors (Lipinski definition) is 0. The number of rotatable bonds is 4. The Morgan fingerprint density at radius 1 is 1.32 bits per heavy atom. The third kappa shape index (κ3) is 3.15. The molecule has 0 N–H and O–H groups in total. The molecule has 0 aliphatic rings. The number of nitrogens with zero attached hydrogens (tertiary/aromatic N) is 1. The molecule has 0 aliphatic heterocycles. The Morgan fingerprint density at radius 2 is 1.95 bits per heavy atom. The molecule has 2 rings (SSSR count). The molecule has 0 amide bonds. The van der Waals surface area contributed by atoms with Gasteiger partial charge in [-0.25, -0.2) is 4.79 Å². The van der Waals surface area contributed by atoms with Crippen LogP contribution in [-0.4, -0.2) is 25.6 Å². The maximum Gasteiger partial charge on any atom is 0.416 e. The fourth-order valence-corrected chi connectivity index (χ4v) is 2.03. The highest BCUT2D eigenvalue weighted by atomic mass is 19.4. The van der Waals surface area contributed by atoms with Gasteiger partial charge in [-0.05, 0) is 19.1 Å². The van der Waals surface area contributed by atoms with E-state index in [1.165, 1.54) is 12.1 Å². The van der Waals surface area contributed by atoms with Gasteiger partial charge in [-0.15, -0.1) is 0 Å². The highest BCUT2D eigenvalue weighted by molar-refractivity contribution is 6.10. The number of alkyl halides is 3. The van der Waals surface area contributed by atoms with Gasteiger partial charge in [-0.2, -0.15) is 13.2 Å². The number of halogens is 3. The summed E-state index contributed by atoms with van der Waals surface area (Å²) in [5.74, 6) is -0.333. The van der Waals surface area contributed by atoms with Crippen molar-refractivity contribution in [3.05, 3.63) is 41.1 Å². The second-order valence-electron chi connectivity index (χ2n) is 4.49. The van der Waals surface area contributed by atoms with Crippen molar-refractivity contribution >= 4 is 13.8 Å². The van der Waals surface area contributed by atoms with Gasteiger partial charge in [0.25, 0.3) is 0 Å². The molecule has 2 aromatic rings. The van der Waals surface area contributed by atoms with Crippen molar-refractivity contribution in [2.75, 3.05) is 6.61 Å². The second kappa shape index (κ2) is 6.25. The van der Waals surface area contributed by atoms with Gasteiger partial charge in [0.05, 0.1) is 12.2 Å². The molecule has 0 spiro atoms. The molecule has 0 radical (unpaired) electrons. The lowest BCUT2D eigenvalue weighted by atomic mass is 9.93. The summed E-state index contributed by atoms with van der Waals surface area (Å²) in [6.45, 7) is 1.87. The van der Waals surface area contributed by atoms with Crippen LogP contribution in [0, 0.1) is 0 Å². The first-order valence-corrected chi connectivity index (χ1v) is 6.71. The van der Waals surface area contributed by atoms with Gasteiger partial charge in [0.2, 0.25) is 0 Å². The van der Waals surface area contributed by atoms with Crippen LogP contribution in [-0.2, 0) is 17.2 Å². The highest BCUT2D eigenvalue weighted by Crippen LogP contribution is 2.32. The highest BCUT2D eigenvalue weighted by Gasteiger charge is 2.30. The van der Waals surface area contributed by atoms with E-state index in [9.17, 15) is 18.0 Å². The maximum absolute atomic E-state index is 12.6. The fourth-order valence-electron chi connectivity index (χ4n) is 2.03. The molecule has 0 fully saturated rings. The number of esters is 1. The fraction of sp³-hybridized carbons (Fsp3) is 0.286. The lowest BCUT2D eigenvalue weighted by Gasteiger charge is -2.07. The van der Waals surface area contributed by atoms with E-state index in [-0.39, 0.29) is 18.1 Å². The number of ether oxygens (including phenoxy) is 1. The van der Waals surface area contributed by atoms with E-state index in [1.807, 2.05) is 0 Å². The summed E-state index contributed by atoms with van der Waals surface area (Å²) >= 11 is 0. The number of aromatic nitrogens is 1. The molecule has 0 bridgehead atoms. The second-order valence-corrected chi connectivity index (χ2v) is 4.49. The third-order valence-corrected chi connectivity index (χ3v) is 3.08. The van der Waals surface area contributed by atoms with Crippen LogP contribution in [0.3, 0.4) is 0 Å². The molecule has 1 heterocycles. The SMILES string of the molecule is BCc1c(C(=O)OCC)noc1-c1ccc(C(F)(F)F)cc1. The molecule has 1 aromatic carbocycles. The summed E-state index contributed by atoms with van der Waals surface area (Å²) in [6, 6.07) is 4.50. The largest absolute Gasteiger partial charge is 0.461 e. The summed E-state index contributed by atoms with van der Waals surface area (Å²) in [7, 11) is 1.79. The summed E-state index contributed by atoms with van der Waals surface area (Å²) < 4.78 is 47.7. The summed E-state index contributed by atoms with van der Waals surface area (Å²) in [6.07, 6.45) is -3.96. The van der Waals surface area contributed by atoms with Crippen molar-refractivity contribution < 1.29 is 27.2 Å². The first kappa shape index (κ1) is 16.1. The van der Waals surface area contributed by atoms with Crippen LogP contribution in [0.4, 0.5) is 13.2 Å². The van der Waals surface area contributed by atoms with Crippen molar-refractivity contribution in [1.82, 2.24) is 5.16 Å². The van der Waals surface area contributed by atoms with Crippen molar-refractivity contribution in [3.63, 3.8) is 0 Å². The Morgan fingerprint density at radius 3 is 2.45 bits per heavy atom.